The monoisotopic (exact) mass is 309 g/mol. The number of hydrogen-bond acceptors (Lipinski definition) is 5. The van der Waals surface area contributed by atoms with Gasteiger partial charge in [-0.2, -0.15) is 0 Å². The highest BCUT2D eigenvalue weighted by Gasteiger charge is 2.42. The molecule has 1 N–H and O–H groups in total. The third-order valence-corrected chi connectivity index (χ3v) is 4.67. The molecule has 1 aliphatic heterocycles. The lowest BCUT2D eigenvalue weighted by atomic mass is 9.98. The molecule has 0 bridgehead atoms. The number of amides is 1. The van der Waals surface area contributed by atoms with Crippen molar-refractivity contribution in [3.05, 3.63) is 22.4 Å². The molecule has 1 atom stereocenters. The number of thiophene rings is 1. The average molecular weight is 309 g/mol. The number of nitrogens with zero attached hydrogens (tertiary/aromatic N) is 2. The molecule has 6 heteroatoms. The molecule has 1 amide bonds. The first-order chi connectivity index (χ1) is 10.1. The third-order valence-electron chi connectivity index (χ3n) is 3.76. The van der Waals surface area contributed by atoms with Crippen LogP contribution in [0.3, 0.4) is 0 Å². The third kappa shape index (κ3) is 3.83. The van der Waals surface area contributed by atoms with Gasteiger partial charge in [-0.1, -0.05) is 25.1 Å². The van der Waals surface area contributed by atoms with E-state index in [1.165, 1.54) is 0 Å². The van der Waals surface area contributed by atoms with Crippen LogP contribution in [0, 0.1) is 0 Å². The minimum atomic E-state index is -0.886. The van der Waals surface area contributed by atoms with Gasteiger partial charge in [0.1, 0.15) is 5.71 Å². The van der Waals surface area contributed by atoms with E-state index in [4.69, 9.17) is 4.84 Å². The highest BCUT2D eigenvalue weighted by molar-refractivity contribution is 7.12. The highest BCUT2D eigenvalue weighted by Crippen LogP contribution is 2.28. The zero-order valence-electron chi connectivity index (χ0n) is 12.9. The number of hydrogen-bond donors (Lipinski definition) is 1. The lowest BCUT2D eigenvalue weighted by Gasteiger charge is -2.22. The van der Waals surface area contributed by atoms with E-state index in [1.54, 1.807) is 18.3 Å². The molecule has 0 aromatic carbocycles. The lowest BCUT2D eigenvalue weighted by molar-refractivity contribution is -0.141. The Morgan fingerprint density at radius 1 is 1.52 bits per heavy atom. The van der Waals surface area contributed by atoms with Crippen LogP contribution in [0.4, 0.5) is 0 Å². The second-order valence-electron chi connectivity index (χ2n) is 5.30. The first-order valence-electron chi connectivity index (χ1n) is 7.38. The quantitative estimate of drug-likeness (QED) is 0.839. The van der Waals surface area contributed by atoms with Gasteiger partial charge in [0.05, 0.1) is 4.88 Å². The van der Waals surface area contributed by atoms with Gasteiger partial charge in [0.15, 0.2) is 0 Å². The summed E-state index contributed by atoms with van der Waals surface area (Å²) in [7, 11) is 0. The second-order valence-corrected chi connectivity index (χ2v) is 6.24. The van der Waals surface area contributed by atoms with Gasteiger partial charge >= 0.3 is 0 Å². The maximum absolute atomic E-state index is 12.3. The fourth-order valence-corrected chi connectivity index (χ4v) is 3.00. The zero-order valence-corrected chi connectivity index (χ0v) is 13.7. The van der Waals surface area contributed by atoms with Crippen molar-refractivity contribution in [2.24, 2.45) is 5.16 Å². The van der Waals surface area contributed by atoms with Crippen LogP contribution in [0.5, 0.6) is 0 Å². The van der Waals surface area contributed by atoms with Gasteiger partial charge in [0.2, 0.25) is 5.60 Å². The van der Waals surface area contributed by atoms with Crippen molar-refractivity contribution in [2.75, 3.05) is 26.2 Å². The molecule has 0 spiro atoms. The first-order valence-corrected chi connectivity index (χ1v) is 8.26. The molecule has 0 aliphatic carbocycles. The van der Waals surface area contributed by atoms with Gasteiger partial charge in [0, 0.05) is 19.5 Å². The van der Waals surface area contributed by atoms with E-state index in [0.717, 1.165) is 30.2 Å². The van der Waals surface area contributed by atoms with Crippen LogP contribution in [0.25, 0.3) is 0 Å². The number of carbonyl (C=O) groups excluding carboxylic acids is 1. The summed E-state index contributed by atoms with van der Waals surface area (Å²) in [5, 5.41) is 9.04. The molecular formula is C15H23N3O2S. The standard InChI is InChI=1S/C15H23N3O2S/c1-4-18(5-2)9-8-16-14(19)15(3)11-12(17-20-15)13-7-6-10-21-13/h6-7,10H,4-5,8-9,11H2,1-3H3,(H,16,19)/t15-/m0/s1. The Labute approximate surface area is 130 Å². The molecule has 2 heterocycles. The smallest absolute Gasteiger partial charge is 0.267 e. The number of likely N-dealkylation sites (N-methyl/N-ethyl adjacent to an activating group) is 1. The summed E-state index contributed by atoms with van der Waals surface area (Å²) in [4.78, 5) is 21.1. The van der Waals surface area contributed by atoms with Crippen LogP contribution in [0.1, 0.15) is 32.1 Å². The van der Waals surface area contributed by atoms with Crippen LogP contribution in [-0.4, -0.2) is 48.3 Å². The van der Waals surface area contributed by atoms with E-state index in [0.29, 0.717) is 13.0 Å². The van der Waals surface area contributed by atoms with Crippen LogP contribution in [0.2, 0.25) is 0 Å². The van der Waals surface area contributed by atoms with Crippen molar-refractivity contribution >= 4 is 23.0 Å². The number of rotatable bonds is 7. The van der Waals surface area contributed by atoms with Crippen LogP contribution < -0.4 is 5.32 Å². The number of carbonyl (C=O) groups is 1. The Bertz CT molecular complexity index is 497. The summed E-state index contributed by atoms with van der Waals surface area (Å²) in [6.45, 7) is 9.50. The fourth-order valence-electron chi connectivity index (χ4n) is 2.29. The van der Waals surface area contributed by atoms with E-state index in [9.17, 15) is 4.79 Å². The Kier molecular flexibility index (Phi) is 5.36. The maximum Gasteiger partial charge on any atom is 0.267 e. The van der Waals surface area contributed by atoms with Crippen LogP contribution >= 0.6 is 11.3 Å². The van der Waals surface area contributed by atoms with Gasteiger partial charge in [-0.05, 0) is 31.5 Å². The molecule has 5 nitrogen and oxygen atoms in total. The molecule has 116 valence electrons. The molecule has 0 unspecified atom stereocenters. The topological polar surface area (TPSA) is 53.9 Å². The van der Waals surface area contributed by atoms with E-state index < -0.39 is 5.60 Å². The van der Waals surface area contributed by atoms with E-state index in [2.05, 4.69) is 29.2 Å². The van der Waals surface area contributed by atoms with Gasteiger partial charge in [0.25, 0.3) is 5.91 Å². The SMILES string of the molecule is CCN(CC)CCNC(=O)[C@]1(C)CC(c2cccs2)=NO1. The molecule has 0 saturated carbocycles. The van der Waals surface area contributed by atoms with Crippen molar-refractivity contribution in [3.63, 3.8) is 0 Å². The summed E-state index contributed by atoms with van der Waals surface area (Å²) >= 11 is 1.61. The fraction of sp³-hybridized carbons (Fsp3) is 0.600. The minimum absolute atomic E-state index is 0.0926. The summed E-state index contributed by atoms with van der Waals surface area (Å²) in [5.41, 5.74) is -0.0332. The van der Waals surface area contributed by atoms with Gasteiger partial charge in [-0.25, -0.2) is 0 Å². The second kappa shape index (κ2) is 7.04. The van der Waals surface area contributed by atoms with Crippen LogP contribution in [0.15, 0.2) is 22.7 Å². The molecule has 2 rings (SSSR count). The molecular weight excluding hydrogens is 286 g/mol. The van der Waals surface area contributed by atoms with Gasteiger partial charge in [-0.15, -0.1) is 11.3 Å². The van der Waals surface area contributed by atoms with Crippen molar-refractivity contribution in [2.45, 2.75) is 32.8 Å². The van der Waals surface area contributed by atoms with Crippen molar-refractivity contribution < 1.29 is 9.63 Å². The Morgan fingerprint density at radius 3 is 2.90 bits per heavy atom. The van der Waals surface area contributed by atoms with Crippen molar-refractivity contribution in [3.8, 4) is 0 Å². The zero-order chi connectivity index (χ0) is 15.3. The molecule has 21 heavy (non-hydrogen) atoms. The van der Waals surface area contributed by atoms with E-state index in [1.807, 2.05) is 17.5 Å². The van der Waals surface area contributed by atoms with Gasteiger partial charge in [-0.3, -0.25) is 4.79 Å². The lowest BCUT2D eigenvalue weighted by Crippen LogP contribution is -2.47. The molecule has 1 aromatic heterocycles. The van der Waals surface area contributed by atoms with E-state index >= 15 is 0 Å². The summed E-state index contributed by atoms with van der Waals surface area (Å²) in [5.74, 6) is -0.0926. The Hall–Kier alpha value is -1.40. The predicted octanol–water partition coefficient (Wildman–Crippen LogP) is 2.09. The average Bonchev–Trinajstić information content (AvgIpc) is 3.13. The normalized spacial score (nSPS) is 21.2. The molecule has 0 fully saturated rings. The van der Waals surface area contributed by atoms with Crippen LogP contribution in [-0.2, 0) is 9.63 Å². The molecule has 1 aliphatic rings. The number of nitrogens with one attached hydrogen (secondary N) is 1. The van der Waals surface area contributed by atoms with E-state index in [-0.39, 0.29) is 5.91 Å². The highest BCUT2D eigenvalue weighted by atomic mass is 32.1. The largest absolute Gasteiger partial charge is 0.379 e. The molecule has 0 radical (unpaired) electrons. The maximum atomic E-state index is 12.3. The molecule has 1 aromatic rings. The molecule has 0 saturated heterocycles. The van der Waals surface area contributed by atoms with Gasteiger partial charge < -0.3 is 15.1 Å². The minimum Gasteiger partial charge on any atom is -0.379 e. The Morgan fingerprint density at radius 2 is 2.29 bits per heavy atom. The van der Waals surface area contributed by atoms with Crippen molar-refractivity contribution in [1.82, 2.24) is 10.2 Å². The number of oxime groups is 1. The first kappa shape index (κ1) is 16.0. The Balaban J connectivity index is 1.83. The summed E-state index contributed by atoms with van der Waals surface area (Å²) in [6, 6.07) is 3.97. The summed E-state index contributed by atoms with van der Waals surface area (Å²) in [6.07, 6.45) is 0.518. The summed E-state index contributed by atoms with van der Waals surface area (Å²) < 4.78 is 0. The predicted molar refractivity (Wildman–Crippen MR) is 85.8 cm³/mol. The van der Waals surface area contributed by atoms with Crippen molar-refractivity contribution in [1.29, 1.82) is 0 Å².